The fourth-order valence-corrected chi connectivity index (χ4v) is 2.94. The summed E-state index contributed by atoms with van der Waals surface area (Å²) in [6.07, 6.45) is 6.43. The fourth-order valence-electron chi connectivity index (χ4n) is 2.94. The predicted molar refractivity (Wildman–Crippen MR) is 61.9 cm³/mol. The zero-order chi connectivity index (χ0) is 10.5. The van der Waals surface area contributed by atoms with E-state index in [2.05, 4.69) is 10.2 Å². The van der Waals surface area contributed by atoms with Crippen molar-refractivity contribution in [3.63, 3.8) is 0 Å². The van der Waals surface area contributed by atoms with Gasteiger partial charge in [0, 0.05) is 19.2 Å². The first-order valence-electron chi connectivity index (χ1n) is 6.46. The molecule has 2 atom stereocenters. The molecular weight excluding hydrogens is 188 g/mol. The zero-order valence-electron chi connectivity index (χ0n) is 9.62. The highest BCUT2D eigenvalue weighted by Gasteiger charge is 2.25. The van der Waals surface area contributed by atoms with Crippen LogP contribution in [0.1, 0.15) is 32.1 Å². The molecule has 3 nitrogen and oxygen atoms in total. The normalized spacial score (nSPS) is 35.0. The van der Waals surface area contributed by atoms with Gasteiger partial charge >= 0.3 is 0 Å². The first-order chi connectivity index (χ1) is 7.40. The Morgan fingerprint density at radius 1 is 1.13 bits per heavy atom. The summed E-state index contributed by atoms with van der Waals surface area (Å²) in [5.41, 5.74) is 0. The van der Waals surface area contributed by atoms with Crippen molar-refractivity contribution in [3.05, 3.63) is 0 Å². The summed E-state index contributed by atoms with van der Waals surface area (Å²) in [5, 5.41) is 12.7. The minimum Gasteiger partial charge on any atom is -0.396 e. The van der Waals surface area contributed by atoms with Gasteiger partial charge in [0.15, 0.2) is 0 Å². The summed E-state index contributed by atoms with van der Waals surface area (Å²) in [6, 6.07) is 0.773. The number of hydrogen-bond donors (Lipinski definition) is 2. The Morgan fingerprint density at radius 3 is 2.93 bits per heavy atom. The van der Waals surface area contributed by atoms with Crippen molar-refractivity contribution in [1.82, 2.24) is 10.2 Å². The molecule has 2 aliphatic rings. The van der Waals surface area contributed by atoms with E-state index >= 15 is 0 Å². The predicted octanol–water partition coefficient (Wildman–Crippen LogP) is 0.833. The molecule has 0 bridgehead atoms. The van der Waals surface area contributed by atoms with Gasteiger partial charge in [-0.25, -0.2) is 0 Å². The highest BCUT2D eigenvalue weighted by atomic mass is 16.3. The number of aliphatic hydroxyl groups excluding tert-OH is 1. The number of piperidine rings is 1. The first kappa shape index (κ1) is 11.4. The van der Waals surface area contributed by atoms with Crippen LogP contribution in [-0.4, -0.2) is 48.8 Å². The molecule has 0 spiro atoms. The van der Waals surface area contributed by atoms with E-state index in [-0.39, 0.29) is 0 Å². The molecular formula is C12H24N2O. The molecule has 0 aliphatic carbocycles. The van der Waals surface area contributed by atoms with Crippen molar-refractivity contribution < 1.29 is 5.11 Å². The summed E-state index contributed by atoms with van der Waals surface area (Å²) >= 11 is 0. The van der Waals surface area contributed by atoms with E-state index in [4.69, 9.17) is 0 Å². The molecule has 0 aromatic rings. The molecule has 3 heteroatoms. The van der Waals surface area contributed by atoms with Gasteiger partial charge in [0.1, 0.15) is 0 Å². The lowest BCUT2D eigenvalue weighted by atomic mass is 9.95. The van der Waals surface area contributed by atoms with Gasteiger partial charge in [-0.1, -0.05) is 0 Å². The second-order valence-corrected chi connectivity index (χ2v) is 5.02. The van der Waals surface area contributed by atoms with Crippen LogP contribution in [0.2, 0.25) is 0 Å². The van der Waals surface area contributed by atoms with Crippen LogP contribution in [0.25, 0.3) is 0 Å². The van der Waals surface area contributed by atoms with E-state index in [0.717, 1.165) is 12.6 Å². The monoisotopic (exact) mass is 212 g/mol. The lowest BCUT2D eigenvalue weighted by Gasteiger charge is -2.37. The molecule has 2 N–H and O–H groups in total. The lowest BCUT2D eigenvalue weighted by molar-refractivity contribution is 0.0828. The minimum atomic E-state index is 0.376. The van der Waals surface area contributed by atoms with Crippen molar-refractivity contribution in [2.75, 3.05) is 32.8 Å². The molecule has 0 saturated carbocycles. The maximum atomic E-state index is 9.22. The molecule has 88 valence electrons. The molecule has 2 heterocycles. The average Bonchev–Trinajstić information content (AvgIpc) is 2.58. The van der Waals surface area contributed by atoms with Gasteiger partial charge in [0.05, 0.1) is 0 Å². The number of nitrogens with zero attached hydrogens (tertiary/aromatic N) is 1. The van der Waals surface area contributed by atoms with E-state index in [0.29, 0.717) is 12.5 Å². The minimum absolute atomic E-state index is 0.376. The topological polar surface area (TPSA) is 35.5 Å². The smallest absolute Gasteiger partial charge is 0.0471 e. The highest BCUT2D eigenvalue weighted by molar-refractivity contribution is 4.81. The van der Waals surface area contributed by atoms with Crippen LogP contribution in [0.5, 0.6) is 0 Å². The Balaban J connectivity index is 1.84. The van der Waals surface area contributed by atoms with Crippen LogP contribution in [0.15, 0.2) is 0 Å². The van der Waals surface area contributed by atoms with Gasteiger partial charge in [-0.2, -0.15) is 0 Å². The maximum Gasteiger partial charge on any atom is 0.0471 e. The van der Waals surface area contributed by atoms with Crippen LogP contribution < -0.4 is 5.32 Å². The van der Waals surface area contributed by atoms with Crippen molar-refractivity contribution in [2.24, 2.45) is 5.92 Å². The first-order valence-corrected chi connectivity index (χ1v) is 6.46. The molecule has 2 fully saturated rings. The van der Waals surface area contributed by atoms with Crippen LogP contribution >= 0.6 is 0 Å². The van der Waals surface area contributed by atoms with Crippen molar-refractivity contribution in [1.29, 1.82) is 0 Å². The molecule has 0 radical (unpaired) electrons. The van der Waals surface area contributed by atoms with Crippen molar-refractivity contribution in [2.45, 2.75) is 38.1 Å². The number of aliphatic hydroxyl groups is 1. The average molecular weight is 212 g/mol. The van der Waals surface area contributed by atoms with Crippen molar-refractivity contribution >= 4 is 0 Å². The summed E-state index contributed by atoms with van der Waals surface area (Å²) in [7, 11) is 0. The molecule has 2 aliphatic heterocycles. The van der Waals surface area contributed by atoms with E-state index in [1.54, 1.807) is 0 Å². The third-order valence-corrected chi connectivity index (χ3v) is 3.87. The van der Waals surface area contributed by atoms with Gasteiger partial charge < -0.3 is 10.4 Å². The van der Waals surface area contributed by atoms with Gasteiger partial charge in [-0.05, 0) is 57.7 Å². The fraction of sp³-hybridized carbons (Fsp3) is 1.00. The summed E-state index contributed by atoms with van der Waals surface area (Å²) < 4.78 is 0. The van der Waals surface area contributed by atoms with Gasteiger partial charge in [0.25, 0.3) is 0 Å². The van der Waals surface area contributed by atoms with E-state index < -0.39 is 0 Å². The Bertz CT molecular complexity index is 178. The second kappa shape index (κ2) is 5.83. The Kier molecular flexibility index (Phi) is 4.42. The van der Waals surface area contributed by atoms with Crippen LogP contribution in [0.4, 0.5) is 0 Å². The van der Waals surface area contributed by atoms with Gasteiger partial charge in [-0.3, -0.25) is 4.90 Å². The molecule has 15 heavy (non-hydrogen) atoms. The van der Waals surface area contributed by atoms with Crippen LogP contribution in [0, 0.1) is 5.92 Å². The largest absolute Gasteiger partial charge is 0.396 e. The number of rotatable bonds is 2. The van der Waals surface area contributed by atoms with Crippen molar-refractivity contribution in [3.8, 4) is 0 Å². The lowest BCUT2D eigenvalue weighted by Crippen LogP contribution is -2.43. The highest BCUT2D eigenvalue weighted by Crippen LogP contribution is 2.22. The van der Waals surface area contributed by atoms with Crippen LogP contribution in [-0.2, 0) is 0 Å². The van der Waals surface area contributed by atoms with E-state index in [1.807, 2.05) is 0 Å². The molecule has 0 aromatic carbocycles. The maximum absolute atomic E-state index is 9.22. The van der Waals surface area contributed by atoms with Gasteiger partial charge in [0.2, 0.25) is 0 Å². The molecule has 0 amide bonds. The quantitative estimate of drug-likeness (QED) is 0.712. The Labute approximate surface area is 92.8 Å². The standard InChI is InChI=1S/C12H24N2O/c15-10-11-3-2-8-14(9-11)12-4-1-6-13-7-5-12/h11-13,15H,1-10H2. The Morgan fingerprint density at radius 2 is 2.07 bits per heavy atom. The molecule has 2 rings (SSSR count). The zero-order valence-corrected chi connectivity index (χ0v) is 9.62. The SMILES string of the molecule is OCC1CCCN(C2CCCNCC2)C1. The van der Waals surface area contributed by atoms with E-state index in [1.165, 1.54) is 51.7 Å². The third kappa shape index (κ3) is 3.16. The summed E-state index contributed by atoms with van der Waals surface area (Å²) in [4.78, 5) is 2.62. The molecule has 2 unspecified atom stereocenters. The third-order valence-electron chi connectivity index (χ3n) is 3.87. The number of hydrogen-bond acceptors (Lipinski definition) is 3. The number of nitrogens with one attached hydrogen (secondary N) is 1. The van der Waals surface area contributed by atoms with Gasteiger partial charge in [-0.15, -0.1) is 0 Å². The van der Waals surface area contributed by atoms with E-state index in [9.17, 15) is 5.11 Å². The molecule has 0 aromatic heterocycles. The number of likely N-dealkylation sites (tertiary alicyclic amines) is 1. The summed E-state index contributed by atoms with van der Waals surface area (Å²) in [5.74, 6) is 0.537. The second-order valence-electron chi connectivity index (χ2n) is 5.02. The Hall–Kier alpha value is -0.120. The van der Waals surface area contributed by atoms with Crippen LogP contribution in [0.3, 0.4) is 0 Å². The summed E-state index contributed by atoms with van der Waals surface area (Å²) in [6.45, 7) is 5.11. The molecule has 2 saturated heterocycles.